The van der Waals surface area contributed by atoms with E-state index in [4.69, 9.17) is 10.5 Å². The fraction of sp³-hybridized carbons (Fsp3) is 0.455. The Labute approximate surface area is 98.4 Å². The fourth-order valence-corrected chi connectivity index (χ4v) is 2.23. The van der Waals surface area contributed by atoms with E-state index in [9.17, 15) is 5.11 Å². The third-order valence-corrected chi connectivity index (χ3v) is 2.83. The summed E-state index contributed by atoms with van der Waals surface area (Å²) >= 11 is 3.40. The molecule has 1 rings (SSSR count). The highest BCUT2D eigenvalue weighted by molar-refractivity contribution is 9.10. The molecule has 0 aliphatic rings. The van der Waals surface area contributed by atoms with Crippen LogP contribution in [0.15, 0.2) is 16.6 Å². The Hall–Kier alpha value is -0.580. The zero-order valence-electron chi connectivity index (χ0n) is 9.12. The Morgan fingerprint density at radius 3 is 2.53 bits per heavy atom. The first-order valence-corrected chi connectivity index (χ1v) is 5.54. The summed E-state index contributed by atoms with van der Waals surface area (Å²) in [5.74, 6) is 0.644. The molecule has 0 radical (unpaired) electrons. The van der Waals surface area contributed by atoms with Gasteiger partial charge >= 0.3 is 0 Å². The molecule has 0 unspecified atom stereocenters. The maximum Gasteiger partial charge on any atom is 0.138 e. The van der Waals surface area contributed by atoms with Gasteiger partial charge in [-0.3, -0.25) is 0 Å². The van der Waals surface area contributed by atoms with Crippen molar-refractivity contribution in [3.8, 4) is 5.75 Å². The van der Waals surface area contributed by atoms with Crippen LogP contribution in [0.1, 0.15) is 24.2 Å². The van der Waals surface area contributed by atoms with Gasteiger partial charge in [-0.15, -0.1) is 0 Å². The SMILES string of the molecule is COc1c(Br)cc(C)cc1[C@H](O)[C@@H](C)N. The van der Waals surface area contributed by atoms with Crippen molar-refractivity contribution < 1.29 is 9.84 Å². The quantitative estimate of drug-likeness (QED) is 0.888. The van der Waals surface area contributed by atoms with Crippen molar-refractivity contribution in [3.63, 3.8) is 0 Å². The van der Waals surface area contributed by atoms with Gasteiger partial charge in [-0.1, -0.05) is 0 Å². The number of halogens is 1. The summed E-state index contributed by atoms with van der Waals surface area (Å²) in [6, 6.07) is 3.50. The van der Waals surface area contributed by atoms with Gasteiger partial charge in [-0.25, -0.2) is 0 Å². The van der Waals surface area contributed by atoms with Crippen LogP contribution in [0.25, 0.3) is 0 Å². The number of rotatable bonds is 3. The molecule has 3 nitrogen and oxygen atoms in total. The summed E-state index contributed by atoms with van der Waals surface area (Å²) in [4.78, 5) is 0. The van der Waals surface area contributed by atoms with Crippen molar-refractivity contribution in [3.05, 3.63) is 27.7 Å². The van der Waals surface area contributed by atoms with Gasteiger partial charge in [0, 0.05) is 11.6 Å². The van der Waals surface area contributed by atoms with Crippen molar-refractivity contribution in [2.24, 2.45) is 5.73 Å². The first-order valence-electron chi connectivity index (χ1n) is 4.75. The predicted molar refractivity (Wildman–Crippen MR) is 64.0 cm³/mol. The molecular weight excluding hydrogens is 258 g/mol. The van der Waals surface area contributed by atoms with E-state index in [1.165, 1.54) is 0 Å². The topological polar surface area (TPSA) is 55.5 Å². The van der Waals surface area contributed by atoms with Crippen LogP contribution in [0.5, 0.6) is 5.75 Å². The van der Waals surface area contributed by atoms with E-state index in [0.29, 0.717) is 5.75 Å². The van der Waals surface area contributed by atoms with Crippen molar-refractivity contribution in [1.29, 1.82) is 0 Å². The average molecular weight is 274 g/mol. The molecule has 0 saturated carbocycles. The lowest BCUT2D eigenvalue weighted by Crippen LogP contribution is -2.24. The van der Waals surface area contributed by atoms with Crippen LogP contribution in [-0.4, -0.2) is 18.3 Å². The maximum atomic E-state index is 9.93. The lowest BCUT2D eigenvalue weighted by atomic mass is 10.0. The summed E-state index contributed by atoms with van der Waals surface area (Å²) in [7, 11) is 1.58. The molecular formula is C11H16BrNO2. The summed E-state index contributed by atoms with van der Waals surface area (Å²) in [5.41, 5.74) is 7.45. The molecule has 1 aromatic carbocycles. The molecule has 15 heavy (non-hydrogen) atoms. The molecule has 0 aliphatic carbocycles. The Bertz CT molecular complexity index is 353. The smallest absolute Gasteiger partial charge is 0.138 e. The molecule has 3 N–H and O–H groups in total. The minimum atomic E-state index is -0.712. The van der Waals surface area contributed by atoms with Crippen LogP contribution >= 0.6 is 15.9 Å². The number of aryl methyl sites for hydroxylation is 1. The number of methoxy groups -OCH3 is 1. The van der Waals surface area contributed by atoms with Gasteiger partial charge in [-0.05, 0) is 47.5 Å². The summed E-state index contributed by atoms with van der Waals surface area (Å²) < 4.78 is 6.07. The van der Waals surface area contributed by atoms with E-state index in [-0.39, 0.29) is 6.04 Å². The molecule has 0 amide bonds. The summed E-state index contributed by atoms with van der Waals surface area (Å²) in [6.45, 7) is 3.72. The Kier molecular flexibility index (Phi) is 4.13. The zero-order chi connectivity index (χ0) is 11.6. The average Bonchev–Trinajstić information content (AvgIpc) is 2.15. The van der Waals surface area contributed by atoms with E-state index in [2.05, 4.69) is 15.9 Å². The number of hydrogen-bond donors (Lipinski definition) is 2. The number of hydrogen-bond acceptors (Lipinski definition) is 3. The number of aliphatic hydroxyl groups excluding tert-OH is 1. The molecule has 84 valence electrons. The van der Waals surface area contributed by atoms with Gasteiger partial charge in [0.15, 0.2) is 0 Å². The van der Waals surface area contributed by atoms with Crippen LogP contribution in [0.2, 0.25) is 0 Å². The van der Waals surface area contributed by atoms with Crippen molar-refractivity contribution in [2.45, 2.75) is 26.0 Å². The van der Waals surface area contributed by atoms with Gasteiger partial charge < -0.3 is 15.6 Å². The normalized spacial score (nSPS) is 14.8. The fourth-order valence-electron chi connectivity index (χ4n) is 1.47. The summed E-state index contributed by atoms with van der Waals surface area (Å²) in [5, 5.41) is 9.93. The number of aliphatic hydroxyl groups is 1. The largest absolute Gasteiger partial charge is 0.495 e. The number of ether oxygens (including phenoxy) is 1. The van der Waals surface area contributed by atoms with E-state index in [1.54, 1.807) is 14.0 Å². The molecule has 1 aromatic rings. The minimum absolute atomic E-state index is 0.326. The zero-order valence-corrected chi connectivity index (χ0v) is 10.7. The van der Waals surface area contributed by atoms with Gasteiger partial charge in [0.1, 0.15) is 5.75 Å². The maximum absolute atomic E-state index is 9.93. The molecule has 2 atom stereocenters. The minimum Gasteiger partial charge on any atom is -0.495 e. The van der Waals surface area contributed by atoms with Crippen LogP contribution in [0, 0.1) is 6.92 Å². The van der Waals surface area contributed by atoms with Gasteiger partial charge in [-0.2, -0.15) is 0 Å². The summed E-state index contributed by atoms with van der Waals surface area (Å²) in [6.07, 6.45) is -0.712. The second-order valence-corrected chi connectivity index (χ2v) is 4.53. The lowest BCUT2D eigenvalue weighted by Gasteiger charge is -2.19. The third-order valence-electron chi connectivity index (χ3n) is 2.24. The van der Waals surface area contributed by atoms with Gasteiger partial charge in [0.25, 0.3) is 0 Å². The molecule has 0 bridgehead atoms. The van der Waals surface area contributed by atoms with Crippen molar-refractivity contribution >= 4 is 15.9 Å². The van der Waals surface area contributed by atoms with Crippen LogP contribution in [-0.2, 0) is 0 Å². The first-order chi connectivity index (χ1) is 6.97. The van der Waals surface area contributed by atoms with Crippen LogP contribution in [0.3, 0.4) is 0 Å². The second kappa shape index (κ2) is 4.96. The molecule has 0 aliphatic heterocycles. The molecule has 0 heterocycles. The molecule has 4 heteroatoms. The first kappa shape index (κ1) is 12.5. The van der Waals surface area contributed by atoms with Crippen LogP contribution in [0.4, 0.5) is 0 Å². The molecule has 0 spiro atoms. The van der Waals surface area contributed by atoms with E-state index < -0.39 is 6.10 Å². The number of nitrogens with two attached hydrogens (primary N) is 1. The van der Waals surface area contributed by atoms with E-state index >= 15 is 0 Å². The Balaban J connectivity index is 3.26. The molecule has 0 aromatic heterocycles. The Morgan fingerprint density at radius 1 is 1.47 bits per heavy atom. The van der Waals surface area contributed by atoms with E-state index in [0.717, 1.165) is 15.6 Å². The monoisotopic (exact) mass is 273 g/mol. The van der Waals surface area contributed by atoms with Gasteiger partial charge in [0.05, 0.1) is 17.7 Å². The standard InChI is InChI=1S/C11H16BrNO2/c1-6-4-8(10(14)7(2)13)11(15-3)9(12)5-6/h4-5,7,10,14H,13H2,1-3H3/t7-,10-/m1/s1. The van der Waals surface area contributed by atoms with Crippen LogP contribution < -0.4 is 10.5 Å². The molecule has 0 saturated heterocycles. The lowest BCUT2D eigenvalue weighted by molar-refractivity contribution is 0.149. The van der Waals surface area contributed by atoms with E-state index in [1.807, 2.05) is 19.1 Å². The highest BCUT2D eigenvalue weighted by Crippen LogP contribution is 2.35. The highest BCUT2D eigenvalue weighted by atomic mass is 79.9. The second-order valence-electron chi connectivity index (χ2n) is 3.67. The third kappa shape index (κ3) is 2.71. The molecule has 0 fully saturated rings. The van der Waals surface area contributed by atoms with Crippen molar-refractivity contribution in [2.75, 3.05) is 7.11 Å². The predicted octanol–water partition coefficient (Wildman–Crippen LogP) is 2.15. The number of benzene rings is 1. The van der Waals surface area contributed by atoms with Crippen molar-refractivity contribution in [1.82, 2.24) is 0 Å². The Morgan fingerprint density at radius 2 is 2.07 bits per heavy atom. The highest BCUT2D eigenvalue weighted by Gasteiger charge is 2.19. The van der Waals surface area contributed by atoms with Gasteiger partial charge in [0.2, 0.25) is 0 Å².